The molecule has 0 saturated carbocycles. The fraction of sp³-hybridized carbons (Fsp3) is 0.300. The number of amides is 1. The number of thioether (sulfide) groups is 1. The zero-order chi connectivity index (χ0) is 21.2. The highest BCUT2D eigenvalue weighted by molar-refractivity contribution is 7.99. The van der Waals surface area contributed by atoms with E-state index >= 15 is 0 Å². The number of hydrogen-bond acceptors (Lipinski definition) is 8. The van der Waals surface area contributed by atoms with E-state index in [1.807, 2.05) is 42.5 Å². The molecule has 0 aliphatic carbocycles. The van der Waals surface area contributed by atoms with E-state index in [0.717, 1.165) is 35.1 Å². The molecule has 0 unspecified atom stereocenters. The van der Waals surface area contributed by atoms with Gasteiger partial charge in [0.1, 0.15) is 0 Å². The number of hydrogen-bond donors (Lipinski definition) is 2. The number of rotatable bonds is 12. The Bertz CT molecular complexity index is 957. The number of para-hydroxylation sites is 1. The summed E-state index contributed by atoms with van der Waals surface area (Å²) in [6.45, 7) is 1.36. The van der Waals surface area contributed by atoms with Gasteiger partial charge in [-0.25, -0.2) is 0 Å². The number of primary amides is 1. The van der Waals surface area contributed by atoms with Gasteiger partial charge in [-0.1, -0.05) is 36.0 Å². The summed E-state index contributed by atoms with van der Waals surface area (Å²) in [6.07, 6.45) is 0.962. The van der Waals surface area contributed by atoms with Crippen LogP contribution in [0.5, 0.6) is 11.5 Å². The van der Waals surface area contributed by atoms with Gasteiger partial charge in [-0.15, -0.1) is 17.5 Å². The smallest absolute Gasteiger partial charge is 0.255 e. The number of aromatic nitrogens is 4. The van der Waals surface area contributed by atoms with Crippen LogP contribution < -0.4 is 20.5 Å². The molecule has 3 N–H and O–H groups in total. The van der Waals surface area contributed by atoms with Crippen LogP contribution in [0.3, 0.4) is 0 Å². The first-order valence-electron chi connectivity index (χ1n) is 9.42. The monoisotopic (exact) mass is 464 g/mol. The highest BCUT2D eigenvalue weighted by atomic mass is 35.5. The number of nitrogens with zero attached hydrogens (tertiary/aromatic N) is 4. The van der Waals surface area contributed by atoms with Crippen LogP contribution in [0.4, 0.5) is 0 Å². The molecule has 1 aromatic heterocycles. The molecule has 0 bridgehead atoms. The predicted molar refractivity (Wildman–Crippen MR) is 121 cm³/mol. The number of benzene rings is 2. The Morgan fingerprint density at radius 3 is 2.74 bits per heavy atom. The number of nitrogens with two attached hydrogens (primary N) is 1. The molecule has 3 rings (SSSR count). The van der Waals surface area contributed by atoms with Gasteiger partial charge in [0.25, 0.3) is 5.91 Å². The number of ether oxygens (including phenoxy) is 2. The Balaban J connectivity index is 0.00000341. The summed E-state index contributed by atoms with van der Waals surface area (Å²) in [4.78, 5) is 10.9. The summed E-state index contributed by atoms with van der Waals surface area (Å²) in [5.74, 6) is 1.42. The molecular formula is C20H25ClN6O3S. The molecule has 0 radical (unpaired) electrons. The third-order valence-electron chi connectivity index (χ3n) is 4.10. The Morgan fingerprint density at radius 1 is 1.19 bits per heavy atom. The summed E-state index contributed by atoms with van der Waals surface area (Å²) in [5.41, 5.74) is 7.11. The zero-order valence-electron chi connectivity index (χ0n) is 17.1. The van der Waals surface area contributed by atoms with Gasteiger partial charge >= 0.3 is 0 Å². The standard InChI is InChI=1S/C20H24N6O3S.ClH/c1-28-18-12-15(8-9-17(18)29-14-19(21)27)13-22-10-5-11-30-20-23-24-25-26(20)16-6-3-2-4-7-16;/h2-4,6-9,12,22H,5,10-11,13-14H2,1H3,(H2,21,27);1H. The lowest BCUT2D eigenvalue weighted by atomic mass is 10.2. The first-order chi connectivity index (χ1) is 14.7. The molecule has 166 valence electrons. The minimum absolute atomic E-state index is 0. The van der Waals surface area contributed by atoms with E-state index in [2.05, 4.69) is 20.8 Å². The summed E-state index contributed by atoms with van der Waals surface area (Å²) in [7, 11) is 1.56. The van der Waals surface area contributed by atoms with Crippen molar-refractivity contribution in [2.45, 2.75) is 18.1 Å². The van der Waals surface area contributed by atoms with E-state index < -0.39 is 5.91 Å². The number of halogens is 1. The fourth-order valence-corrected chi connectivity index (χ4v) is 3.51. The third-order valence-corrected chi connectivity index (χ3v) is 5.10. The minimum atomic E-state index is -0.529. The van der Waals surface area contributed by atoms with Crippen LogP contribution in [0.1, 0.15) is 12.0 Å². The second-order valence-corrected chi connectivity index (χ2v) is 7.39. The van der Waals surface area contributed by atoms with Gasteiger partial charge in [0.15, 0.2) is 18.1 Å². The average Bonchev–Trinajstić information content (AvgIpc) is 3.24. The van der Waals surface area contributed by atoms with Crippen LogP contribution in [0.2, 0.25) is 0 Å². The van der Waals surface area contributed by atoms with E-state index in [1.54, 1.807) is 29.6 Å². The molecule has 1 heterocycles. The molecule has 3 aromatic rings. The van der Waals surface area contributed by atoms with Gasteiger partial charge in [-0.2, -0.15) is 4.68 Å². The molecule has 9 nitrogen and oxygen atoms in total. The van der Waals surface area contributed by atoms with Crippen molar-refractivity contribution >= 4 is 30.1 Å². The van der Waals surface area contributed by atoms with Gasteiger partial charge in [0.05, 0.1) is 12.8 Å². The van der Waals surface area contributed by atoms with Gasteiger partial charge in [-0.3, -0.25) is 4.79 Å². The highest BCUT2D eigenvalue weighted by Crippen LogP contribution is 2.28. The van der Waals surface area contributed by atoms with Gasteiger partial charge in [-0.05, 0) is 53.2 Å². The molecule has 11 heteroatoms. The van der Waals surface area contributed by atoms with Crippen LogP contribution in [0.15, 0.2) is 53.7 Å². The van der Waals surface area contributed by atoms with Crippen LogP contribution in [-0.4, -0.2) is 52.1 Å². The second kappa shape index (κ2) is 12.8. The molecule has 31 heavy (non-hydrogen) atoms. The summed E-state index contributed by atoms with van der Waals surface area (Å²) >= 11 is 1.62. The normalized spacial score (nSPS) is 10.4. The van der Waals surface area contributed by atoms with E-state index in [4.69, 9.17) is 15.2 Å². The molecule has 2 aromatic carbocycles. The van der Waals surface area contributed by atoms with Crippen molar-refractivity contribution in [3.63, 3.8) is 0 Å². The van der Waals surface area contributed by atoms with Gasteiger partial charge in [0.2, 0.25) is 5.16 Å². The first-order valence-corrected chi connectivity index (χ1v) is 10.4. The molecule has 0 aliphatic heterocycles. The van der Waals surface area contributed by atoms with E-state index in [9.17, 15) is 4.79 Å². The number of tetrazole rings is 1. The van der Waals surface area contributed by atoms with Crippen LogP contribution in [0.25, 0.3) is 5.69 Å². The van der Waals surface area contributed by atoms with Crippen molar-refractivity contribution in [1.82, 2.24) is 25.5 Å². The van der Waals surface area contributed by atoms with E-state index in [1.165, 1.54) is 0 Å². The fourth-order valence-electron chi connectivity index (χ4n) is 2.68. The summed E-state index contributed by atoms with van der Waals surface area (Å²) in [6, 6.07) is 15.4. The largest absolute Gasteiger partial charge is 0.493 e. The number of methoxy groups -OCH3 is 1. The Hall–Kier alpha value is -2.82. The van der Waals surface area contributed by atoms with E-state index in [0.29, 0.717) is 18.0 Å². The first kappa shape index (κ1) is 24.4. The van der Waals surface area contributed by atoms with Gasteiger partial charge in [0, 0.05) is 12.3 Å². The Morgan fingerprint density at radius 2 is 2.00 bits per heavy atom. The third kappa shape index (κ3) is 7.42. The maximum Gasteiger partial charge on any atom is 0.255 e. The Labute approximate surface area is 191 Å². The van der Waals surface area contributed by atoms with Crippen molar-refractivity contribution in [2.24, 2.45) is 5.73 Å². The van der Waals surface area contributed by atoms with Crippen LogP contribution >= 0.6 is 24.2 Å². The van der Waals surface area contributed by atoms with Crippen LogP contribution in [-0.2, 0) is 11.3 Å². The lowest BCUT2D eigenvalue weighted by molar-refractivity contribution is -0.119. The molecule has 0 aliphatic rings. The lowest BCUT2D eigenvalue weighted by Crippen LogP contribution is -2.20. The zero-order valence-corrected chi connectivity index (χ0v) is 18.7. The maximum absolute atomic E-state index is 10.9. The number of carbonyl (C=O) groups excluding carboxylic acids is 1. The highest BCUT2D eigenvalue weighted by Gasteiger charge is 2.09. The van der Waals surface area contributed by atoms with Crippen molar-refractivity contribution < 1.29 is 14.3 Å². The topological polar surface area (TPSA) is 117 Å². The number of carbonyl (C=O) groups is 1. The summed E-state index contributed by atoms with van der Waals surface area (Å²) in [5, 5.41) is 16.1. The number of nitrogens with one attached hydrogen (secondary N) is 1. The average molecular weight is 465 g/mol. The molecule has 0 atom stereocenters. The lowest BCUT2D eigenvalue weighted by Gasteiger charge is -2.11. The predicted octanol–water partition coefficient (Wildman–Crippen LogP) is 2.23. The summed E-state index contributed by atoms with van der Waals surface area (Å²) < 4.78 is 12.4. The van der Waals surface area contributed by atoms with E-state index in [-0.39, 0.29) is 19.0 Å². The van der Waals surface area contributed by atoms with Crippen molar-refractivity contribution in [1.29, 1.82) is 0 Å². The minimum Gasteiger partial charge on any atom is -0.493 e. The molecule has 1 amide bonds. The maximum atomic E-state index is 10.9. The SMILES string of the molecule is COc1cc(CNCCCSc2nnnn2-c2ccccc2)ccc1OCC(N)=O.Cl. The van der Waals surface area contributed by atoms with Crippen molar-refractivity contribution in [2.75, 3.05) is 26.0 Å². The van der Waals surface area contributed by atoms with Crippen LogP contribution in [0, 0.1) is 0 Å². The Kier molecular flexibility index (Phi) is 10.1. The van der Waals surface area contributed by atoms with Gasteiger partial charge < -0.3 is 20.5 Å². The molecular weight excluding hydrogens is 440 g/mol. The van der Waals surface area contributed by atoms with Crippen molar-refractivity contribution in [3.05, 3.63) is 54.1 Å². The molecule has 0 spiro atoms. The van der Waals surface area contributed by atoms with Crippen molar-refractivity contribution in [3.8, 4) is 17.2 Å². The molecule has 0 fully saturated rings. The quantitative estimate of drug-likeness (QED) is 0.309. The second-order valence-electron chi connectivity index (χ2n) is 6.33. The molecule has 0 saturated heterocycles.